The summed E-state index contributed by atoms with van der Waals surface area (Å²) in [6, 6.07) is 10.3. The molecule has 0 spiro atoms. The lowest BCUT2D eigenvalue weighted by atomic mass is 10.2. The van der Waals surface area contributed by atoms with Gasteiger partial charge in [0.2, 0.25) is 0 Å². The average molecular weight is 393 g/mol. The number of carbonyl (C=O) groups is 1. The first-order valence-electron chi connectivity index (χ1n) is 7.36. The number of aliphatic imine (C=N–C) groups is 1. The van der Waals surface area contributed by atoms with Crippen molar-refractivity contribution in [2.45, 2.75) is 6.92 Å². The van der Waals surface area contributed by atoms with Crippen LogP contribution in [0.1, 0.15) is 11.1 Å². The third-order valence-corrected chi connectivity index (χ3v) is 5.22. The monoisotopic (exact) mass is 392 g/mol. The van der Waals surface area contributed by atoms with Crippen LogP contribution in [0.4, 0.5) is 5.69 Å². The molecule has 1 fully saturated rings. The van der Waals surface area contributed by atoms with E-state index in [0.29, 0.717) is 31.4 Å². The molecular formula is C18H14Cl2N2O2S. The highest BCUT2D eigenvalue weighted by molar-refractivity contribution is 8.18. The van der Waals surface area contributed by atoms with Crippen LogP contribution in [-0.4, -0.2) is 28.1 Å². The summed E-state index contributed by atoms with van der Waals surface area (Å²) < 4.78 is 0. The average Bonchev–Trinajstić information content (AvgIpc) is 2.81. The number of hydrogen-bond acceptors (Lipinski definition) is 4. The highest BCUT2D eigenvalue weighted by Crippen LogP contribution is 2.36. The topological polar surface area (TPSA) is 52.9 Å². The summed E-state index contributed by atoms with van der Waals surface area (Å²) in [4.78, 5) is 18.8. The number of hydrogen-bond donors (Lipinski definition) is 1. The van der Waals surface area contributed by atoms with Crippen molar-refractivity contribution < 1.29 is 9.90 Å². The van der Waals surface area contributed by atoms with Crippen LogP contribution in [0.2, 0.25) is 10.0 Å². The molecule has 1 N–H and O–H groups in total. The molecule has 1 aliphatic rings. The molecule has 0 radical (unpaired) electrons. The molecule has 0 aliphatic carbocycles. The van der Waals surface area contributed by atoms with Crippen molar-refractivity contribution in [2.75, 3.05) is 7.05 Å². The van der Waals surface area contributed by atoms with E-state index in [2.05, 4.69) is 4.99 Å². The number of thioether (sulfide) groups is 1. The van der Waals surface area contributed by atoms with Crippen molar-refractivity contribution in [1.82, 2.24) is 4.90 Å². The van der Waals surface area contributed by atoms with Gasteiger partial charge in [-0.05, 0) is 60.2 Å². The number of halogens is 2. The molecule has 0 atom stereocenters. The largest absolute Gasteiger partial charge is 0.506 e. The van der Waals surface area contributed by atoms with Gasteiger partial charge in [-0.1, -0.05) is 35.3 Å². The van der Waals surface area contributed by atoms with Gasteiger partial charge in [0, 0.05) is 17.1 Å². The SMILES string of the molecule is Cc1ccc(N=C2S/C(=C\c3ccc(Cl)cc3Cl)C(=O)N2C)c(O)c1. The van der Waals surface area contributed by atoms with Crippen molar-refractivity contribution in [3.8, 4) is 5.75 Å². The Morgan fingerprint density at radius 1 is 1.20 bits per heavy atom. The fourth-order valence-electron chi connectivity index (χ4n) is 2.24. The Bertz CT molecular complexity index is 925. The number of amides is 1. The zero-order valence-corrected chi connectivity index (χ0v) is 15.8. The van der Waals surface area contributed by atoms with Crippen LogP contribution < -0.4 is 0 Å². The van der Waals surface area contributed by atoms with E-state index in [-0.39, 0.29) is 11.7 Å². The molecule has 4 nitrogen and oxygen atoms in total. The summed E-state index contributed by atoms with van der Waals surface area (Å²) in [7, 11) is 1.64. The highest BCUT2D eigenvalue weighted by Gasteiger charge is 2.30. The minimum atomic E-state index is -0.179. The number of amidine groups is 1. The van der Waals surface area contributed by atoms with Gasteiger partial charge in [0.1, 0.15) is 11.4 Å². The fraction of sp³-hybridized carbons (Fsp3) is 0.111. The molecule has 0 saturated carbocycles. The molecule has 1 heterocycles. The number of likely N-dealkylation sites (N-methyl/N-ethyl adjacent to an activating group) is 1. The number of aryl methyl sites for hydroxylation is 1. The maximum absolute atomic E-state index is 12.5. The Balaban J connectivity index is 1.94. The lowest BCUT2D eigenvalue weighted by Crippen LogP contribution is -2.23. The third-order valence-electron chi connectivity index (χ3n) is 3.60. The van der Waals surface area contributed by atoms with Crippen LogP contribution >= 0.6 is 35.0 Å². The van der Waals surface area contributed by atoms with Gasteiger partial charge in [0.15, 0.2) is 5.17 Å². The zero-order chi connectivity index (χ0) is 18.1. The van der Waals surface area contributed by atoms with Crippen molar-refractivity contribution in [2.24, 2.45) is 4.99 Å². The molecule has 25 heavy (non-hydrogen) atoms. The molecule has 7 heteroatoms. The van der Waals surface area contributed by atoms with Gasteiger partial charge < -0.3 is 5.11 Å². The van der Waals surface area contributed by atoms with Crippen LogP contribution in [-0.2, 0) is 4.79 Å². The molecule has 2 aromatic carbocycles. The Morgan fingerprint density at radius 2 is 1.96 bits per heavy atom. The molecule has 1 aliphatic heterocycles. The summed E-state index contributed by atoms with van der Waals surface area (Å²) >= 11 is 13.3. The second kappa shape index (κ2) is 7.12. The third kappa shape index (κ3) is 3.84. The maximum Gasteiger partial charge on any atom is 0.266 e. The van der Waals surface area contributed by atoms with Gasteiger partial charge in [-0.25, -0.2) is 4.99 Å². The molecule has 0 bridgehead atoms. The lowest BCUT2D eigenvalue weighted by molar-refractivity contribution is -0.121. The number of benzene rings is 2. The minimum Gasteiger partial charge on any atom is -0.506 e. The van der Waals surface area contributed by atoms with Crippen molar-refractivity contribution in [3.05, 3.63) is 62.5 Å². The predicted octanol–water partition coefficient (Wildman–Crippen LogP) is 5.24. The Morgan fingerprint density at radius 3 is 2.64 bits per heavy atom. The summed E-state index contributed by atoms with van der Waals surface area (Å²) in [6.07, 6.45) is 1.71. The van der Waals surface area contributed by atoms with Gasteiger partial charge >= 0.3 is 0 Å². The van der Waals surface area contributed by atoms with Crippen molar-refractivity contribution >= 4 is 57.8 Å². The first-order chi connectivity index (χ1) is 11.8. The molecule has 0 aromatic heterocycles. The van der Waals surface area contributed by atoms with Crippen molar-refractivity contribution in [1.29, 1.82) is 0 Å². The van der Waals surface area contributed by atoms with Gasteiger partial charge in [0.05, 0.1) is 4.91 Å². The molecule has 2 aromatic rings. The zero-order valence-electron chi connectivity index (χ0n) is 13.5. The molecule has 128 valence electrons. The second-order valence-electron chi connectivity index (χ2n) is 5.53. The second-order valence-corrected chi connectivity index (χ2v) is 7.38. The maximum atomic E-state index is 12.5. The normalized spacial score (nSPS) is 17.8. The van der Waals surface area contributed by atoms with Crippen molar-refractivity contribution in [3.63, 3.8) is 0 Å². The summed E-state index contributed by atoms with van der Waals surface area (Å²) in [6.45, 7) is 1.88. The van der Waals surface area contributed by atoms with Gasteiger partial charge in [0.25, 0.3) is 5.91 Å². The van der Waals surface area contributed by atoms with E-state index in [9.17, 15) is 9.90 Å². The number of rotatable bonds is 2. The Labute approximate surface area is 159 Å². The molecule has 0 unspecified atom stereocenters. The lowest BCUT2D eigenvalue weighted by Gasteiger charge is -2.08. The van der Waals surface area contributed by atoms with E-state index >= 15 is 0 Å². The molecule has 1 saturated heterocycles. The number of aromatic hydroxyl groups is 1. The number of phenols is 1. The number of carbonyl (C=O) groups excluding carboxylic acids is 1. The first-order valence-corrected chi connectivity index (χ1v) is 8.93. The predicted molar refractivity (Wildman–Crippen MR) is 105 cm³/mol. The van der Waals surface area contributed by atoms with Crippen LogP contribution in [0.25, 0.3) is 6.08 Å². The highest BCUT2D eigenvalue weighted by atomic mass is 35.5. The molecule has 1 amide bonds. The van der Waals surface area contributed by atoms with Gasteiger partial charge in [-0.15, -0.1) is 0 Å². The quantitative estimate of drug-likeness (QED) is 0.710. The number of phenolic OH excluding ortho intramolecular Hbond substituents is 1. The van der Waals surface area contributed by atoms with E-state index in [1.165, 1.54) is 16.7 Å². The van der Waals surface area contributed by atoms with E-state index in [1.807, 2.05) is 13.0 Å². The molecular weight excluding hydrogens is 379 g/mol. The molecule has 3 rings (SSSR count). The van der Waals surface area contributed by atoms with E-state index in [4.69, 9.17) is 23.2 Å². The van der Waals surface area contributed by atoms with Gasteiger partial charge in [-0.3, -0.25) is 9.69 Å². The van der Waals surface area contributed by atoms with Crippen LogP contribution in [0.15, 0.2) is 46.3 Å². The van der Waals surface area contributed by atoms with E-state index in [1.54, 1.807) is 43.5 Å². The minimum absolute atomic E-state index is 0.0760. The van der Waals surface area contributed by atoms with E-state index in [0.717, 1.165) is 5.56 Å². The van der Waals surface area contributed by atoms with Crippen LogP contribution in [0.3, 0.4) is 0 Å². The summed E-state index contributed by atoms with van der Waals surface area (Å²) in [5.74, 6) is -0.103. The number of nitrogens with zero attached hydrogens (tertiary/aromatic N) is 2. The fourth-order valence-corrected chi connectivity index (χ4v) is 3.68. The first kappa shape index (κ1) is 17.9. The Hall–Kier alpha value is -1.95. The van der Waals surface area contributed by atoms with Crippen LogP contribution in [0.5, 0.6) is 5.75 Å². The Kier molecular flexibility index (Phi) is 5.08. The standard InChI is InChI=1S/C18H14Cl2N2O2S/c1-10-3-6-14(15(23)7-10)21-18-22(2)17(24)16(25-18)8-11-4-5-12(19)9-13(11)20/h3-9,23H,1-2H3/b16-8-,21-18?. The smallest absolute Gasteiger partial charge is 0.266 e. The van der Waals surface area contributed by atoms with Gasteiger partial charge in [-0.2, -0.15) is 0 Å². The van der Waals surface area contributed by atoms with E-state index < -0.39 is 0 Å². The van der Waals surface area contributed by atoms with Crippen LogP contribution in [0, 0.1) is 6.92 Å². The summed E-state index contributed by atoms with van der Waals surface area (Å²) in [5.41, 5.74) is 2.05. The summed E-state index contributed by atoms with van der Waals surface area (Å²) in [5, 5.41) is 11.5.